The second-order valence-electron chi connectivity index (χ2n) is 1.69. The normalized spacial score (nSPS) is 19.4. The third-order valence-electron chi connectivity index (χ3n) is 1.16. The number of hydrogen-bond donors (Lipinski definition) is 0. The van der Waals surface area contributed by atoms with Crippen LogP contribution in [0.15, 0.2) is 0 Å². The average molecular weight is 177 g/mol. The molecule has 0 aromatic rings. The number of rotatable bonds is 1. The highest BCUT2D eigenvalue weighted by Crippen LogP contribution is 2.19. The molecular formula is C5H7NS3. The maximum atomic E-state index is 5.03. The Morgan fingerprint density at radius 3 is 2.56 bits per heavy atom. The molecule has 4 heteroatoms. The van der Waals surface area contributed by atoms with Gasteiger partial charge in [0, 0.05) is 6.54 Å². The molecule has 0 aromatic carbocycles. The number of thiocarbonyl (C=S) groups is 2. The molecule has 0 aliphatic carbocycles. The van der Waals surface area contributed by atoms with Gasteiger partial charge in [-0.25, -0.2) is 0 Å². The minimum Gasteiger partial charge on any atom is -0.321 e. The van der Waals surface area contributed by atoms with Gasteiger partial charge in [-0.3, -0.25) is 0 Å². The van der Waals surface area contributed by atoms with E-state index in [0.717, 1.165) is 21.6 Å². The van der Waals surface area contributed by atoms with E-state index in [-0.39, 0.29) is 0 Å². The summed E-state index contributed by atoms with van der Waals surface area (Å²) in [5.74, 6) is 0.905. The van der Waals surface area contributed by atoms with Crippen molar-refractivity contribution in [1.29, 1.82) is 0 Å². The van der Waals surface area contributed by atoms with Crippen molar-refractivity contribution in [3.8, 4) is 0 Å². The lowest BCUT2D eigenvalue weighted by atomic mass is 10.6. The van der Waals surface area contributed by atoms with Crippen LogP contribution in [0.25, 0.3) is 0 Å². The average Bonchev–Trinajstić information content (AvgIpc) is 2.12. The minimum atomic E-state index is 0.905. The molecule has 9 heavy (non-hydrogen) atoms. The van der Waals surface area contributed by atoms with Gasteiger partial charge in [0.1, 0.15) is 4.32 Å². The molecule has 1 heterocycles. The zero-order valence-corrected chi connectivity index (χ0v) is 7.54. The van der Waals surface area contributed by atoms with Crippen molar-refractivity contribution in [2.45, 2.75) is 6.92 Å². The standard InChI is InChI=1S/C5H7NS3/c1-2-6-4(7)3-9-5(6)8/h2-3H2,1H3. The first-order chi connectivity index (χ1) is 4.25. The maximum Gasteiger partial charge on any atom is 0.141 e. The molecule has 50 valence electrons. The van der Waals surface area contributed by atoms with E-state index in [0.29, 0.717) is 0 Å². The lowest BCUT2D eigenvalue weighted by molar-refractivity contribution is 0.681. The molecule has 0 atom stereocenters. The Morgan fingerprint density at radius 1 is 1.67 bits per heavy atom. The second kappa shape index (κ2) is 2.94. The van der Waals surface area contributed by atoms with Crippen LogP contribution in [0.2, 0.25) is 0 Å². The molecule has 0 spiro atoms. The van der Waals surface area contributed by atoms with Crippen molar-refractivity contribution >= 4 is 45.5 Å². The van der Waals surface area contributed by atoms with E-state index in [1.165, 1.54) is 0 Å². The summed E-state index contributed by atoms with van der Waals surface area (Å²) in [4.78, 5) is 2.97. The molecule has 1 nitrogen and oxygen atoms in total. The van der Waals surface area contributed by atoms with E-state index in [4.69, 9.17) is 24.4 Å². The number of nitrogens with zero attached hydrogens (tertiary/aromatic N) is 1. The first-order valence-electron chi connectivity index (χ1n) is 2.73. The first kappa shape index (κ1) is 7.44. The molecule has 1 rings (SSSR count). The summed E-state index contributed by atoms with van der Waals surface area (Å²) in [6.07, 6.45) is 0. The van der Waals surface area contributed by atoms with Crippen LogP contribution in [0.5, 0.6) is 0 Å². The van der Waals surface area contributed by atoms with E-state index in [2.05, 4.69) is 6.92 Å². The van der Waals surface area contributed by atoms with Gasteiger partial charge in [0.25, 0.3) is 0 Å². The van der Waals surface area contributed by atoms with Crippen LogP contribution in [0, 0.1) is 0 Å². The van der Waals surface area contributed by atoms with Crippen molar-refractivity contribution in [3.05, 3.63) is 0 Å². The fraction of sp³-hybridized carbons (Fsp3) is 0.600. The molecule has 0 aromatic heterocycles. The summed E-state index contributed by atoms with van der Waals surface area (Å²) in [5.41, 5.74) is 0. The third kappa shape index (κ3) is 1.42. The van der Waals surface area contributed by atoms with Gasteiger partial charge in [0.2, 0.25) is 0 Å². The van der Waals surface area contributed by atoms with E-state index >= 15 is 0 Å². The second-order valence-corrected chi connectivity index (χ2v) is 3.77. The van der Waals surface area contributed by atoms with Crippen LogP contribution >= 0.6 is 36.2 Å². The van der Waals surface area contributed by atoms with Gasteiger partial charge in [0.05, 0.1) is 10.7 Å². The molecule has 0 saturated carbocycles. The largest absolute Gasteiger partial charge is 0.321 e. The van der Waals surface area contributed by atoms with Gasteiger partial charge >= 0.3 is 0 Å². The SMILES string of the molecule is CCN1C(=S)CSC1=S. The summed E-state index contributed by atoms with van der Waals surface area (Å²) in [7, 11) is 0. The molecule has 1 aliphatic heterocycles. The fourth-order valence-electron chi connectivity index (χ4n) is 0.687. The third-order valence-corrected chi connectivity index (χ3v) is 3.16. The molecule has 0 unspecified atom stereocenters. The smallest absolute Gasteiger partial charge is 0.141 e. The van der Waals surface area contributed by atoms with Crippen LogP contribution in [-0.4, -0.2) is 26.5 Å². The Morgan fingerprint density at radius 2 is 2.33 bits per heavy atom. The Hall–Kier alpha value is 0.330. The summed E-state index contributed by atoms with van der Waals surface area (Å²) in [6.45, 7) is 2.98. The Kier molecular flexibility index (Phi) is 2.43. The van der Waals surface area contributed by atoms with Crippen molar-refractivity contribution in [3.63, 3.8) is 0 Å². The first-order valence-corrected chi connectivity index (χ1v) is 4.53. The van der Waals surface area contributed by atoms with Gasteiger partial charge < -0.3 is 4.90 Å². The summed E-state index contributed by atoms with van der Waals surface area (Å²) < 4.78 is 0.933. The van der Waals surface area contributed by atoms with Crippen LogP contribution in [-0.2, 0) is 0 Å². The molecule has 1 saturated heterocycles. The van der Waals surface area contributed by atoms with E-state index in [1.54, 1.807) is 11.8 Å². The minimum absolute atomic E-state index is 0.905. The summed E-state index contributed by atoms with van der Waals surface area (Å²) in [5, 5.41) is 0. The summed E-state index contributed by atoms with van der Waals surface area (Å²) in [6, 6.07) is 0. The predicted octanol–water partition coefficient (Wildman–Crippen LogP) is 1.67. The highest BCUT2D eigenvalue weighted by molar-refractivity contribution is 8.24. The van der Waals surface area contributed by atoms with Gasteiger partial charge in [-0.2, -0.15) is 0 Å². The Balaban J connectivity index is 2.66. The Bertz CT molecular complexity index is 138. The number of hydrogen-bond acceptors (Lipinski definition) is 3. The lowest BCUT2D eigenvalue weighted by Gasteiger charge is -2.12. The quantitative estimate of drug-likeness (QED) is 0.560. The number of thioether (sulfide) groups is 1. The van der Waals surface area contributed by atoms with Crippen molar-refractivity contribution < 1.29 is 0 Å². The molecule has 0 amide bonds. The lowest BCUT2D eigenvalue weighted by Crippen LogP contribution is -2.26. The van der Waals surface area contributed by atoms with Gasteiger partial charge in [-0.1, -0.05) is 36.2 Å². The fourth-order valence-corrected chi connectivity index (χ4v) is 2.41. The van der Waals surface area contributed by atoms with E-state index < -0.39 is 0 Å². The molecule has 0 radical (unpaired) electrons. The highest BCUT2D eigenvalue weighted by Gasteiger charge is 2.20. The van der Waals surface area contributed by atoms with Crippen LogP contribution in [0.1, 0.15) is 6.92 Å². The van der Waals surface area contributed by atoms with Crippen molar-refractivity contribution in [1.82, 2.24) is 4.90 Å². The maximum absolute atomic E-state index is 5.03. The molecule has 1 fully saturated rings. The van der Waals surface area contributed by atoms with E-state index in [9.17, 15) is 0 Å². The van der Waals surface area contributed by atoms with Crippen molar-refractivity contribution in [2.75, 3.05) is 12.3 Å². The van der Waals surface area contributed by atoms with Crippen LogP contribution in [0.3, 0.4) is 0 Å². The molecular weight excluding hydrogens is 170 g/mol. The van der Waals surface area contributed by atoms with Gasteiger partial charge in [-0.05, 0) is 6.92 Å². The Labute approximate surface area is 69.8 Å². The molecule has 0 bridgehead atoms. The van der Waals surface area contributed by atoms with E-state index in [1.807, 2.05) is 4.90 Å². The predicted molar refractivity (Wildman–Crippen MR) is 50.0 cm³/mol. The monoisotopic (exact) mass is 177 g/mol. The highest BCUT2D eigenvalue weighted by atomic mass is 32.2. The van der Waals surface area contributed by atoms with Gasteiger partial charge in [-0.15, -0.1) is 0 Å². The van der Waals surface area contributed by atoms with Gasteiger partial charge in [0.15, 0.2) is 0 Å². The molecule has 1 aliphatic rings. The zero-order valence-electron chi connectivity index (χ0n) is 5.09. The molecule has 0 N–H and O–H groups in total. The zero-order chi connectivity index (χ0) is 6.85. The topological polar surface area (TPSA) is 3.24 Å². The van der Waals surface area contributed by atoms with Crippen LogP contribution in [0.4, 0.5) is 0 Å². The summed E-state index contributed by atoms with van der Waals surface area (Å²) >= 11 is 11.7. The van der Waals surface area contributed by atoms with Crippen LogP contribution < -0.4 is 0 Å². The van der Waals surface area contributed by atoms with Crippen molar-refractivity contribution in [2.24, 2.45) is 0 Å².